The number of amides is 2. The summed E-state index contributed by atoms with van der Waals surface area (Å²) in [6, 6.07) is -0.959. The molecule has 2 aromatic heterocycles. The van der Waals surface area contributed by atoms with E-state index in [1.54, 1.807) is 6.92 Å². The average Bonchev–Trinajstić information content (AvgIpc) is 3.42. The topological polar surface area (TPSA) is 197 Å². The summed E-state index contributed by atoms with van der Waals surface area (Å²) in [5, 5.41) is 26.3. The molecule has 2 aliphatic heterocycles. The van der Waals surface area contributed by atoms with Crippen molar-refractivity contribution in [3.8, 4) is 0 Å². The third kappa shape index (κ3) is 6.35. The van der Waals surface area contributed by atoms with Gasteiger partial charge in [-0.25, -0.2) is 14.8 Å². The van der Waals surface area contributed by atoms with E-state index in [1.165, 1.54) is 52.3 Å². The molecular formula is C20H20N6NaO7S4. The molecule has 4 rings (SSSR count). The number of thiazole rings is 2. The summed E-state index contributed by atoms with van der Waals surface area (Å²) in [5.74, 6) is -2.89. The SMILES string of the molecule is CO/N=C(\C(=O)N[C@@H]1C(=O)N2C(C(=O)O)=C(CSc3nc(C)c(CC(=O)O)s3)CS[C@H]12)c1csc(N)n1.[Na]. The molecule has 1 fully saturated rings. The minimum absolute atomic E-state index is 0. The van der Waals surface area contributed by atoms with Gasteiger partial charge in [-0.05, 0) is 12.5 Å². The number of carboxylic acid groups (broad SMARTS) is 2. The Balaban J connectivity index is 0.00000400. The summed E-state index contributed by atoms with van der Waals surface area (Å²) in [5.41, 5.74) is 6.70. The predicted molar refractivity (Wildman–Crippen MR) is 144 cm³/mol. The molecule has 38 heavy (non-hydrogen) atoms. The number of nitrogens with zero attached hydrogens (tertiary/aromatic N) is 4. The fourth-order valence-electron chi connectivity index (χ4n) is 3.61. The Labute approximate surface area is 254 Å². The second-order valence-electron chi connectivity index (χ2n) is 7.66. The van der Waals surface area contributed by atoms with E-state index in [1.807, 2.05) is 0 Å². The van der Waals surface area contributed by atoms with Gasteiger partial charge < -0.3 is 26.1 Å². The third-order valence-electron chi connectivity index (χ3n) is 5.25. The number of nitrogen functional groups attached to an aromatic ring is 1. The maximum Gasteiger partial charge on any atom is 0.352 e. The van der Waals surface area contributed by atoms with Crippen LogP contribution in [0.5, 0.6) is 0 Å². The molecule has 1 saturated heterocycles. The van der Waals surface area contributed by atoms with Crippen LogP contribution in [0.2, 0.25) is 0 Å². The van der Waals surface area contributed by atoms with Gasteiger partial charge in [-0.2, -0.15) is 0 Å². The van der Waals surface area contributed by atoms with Crippen molar-refractivity contribution < 1.29 is 34.2 Å². The quantitative estimate of drug-likeness (QED) is 0.0967. The molecular weight excluding hydrogens is 588 g/mol. The van der Waals surface area contributed by atoms with Gasteiger partial charge in [-0.1, -0.05) is 16.9 Å². The van der Waals surface area contributed by atoms with Crippen LogP contribution in [0, 0.1) is 6.92 Å². The van der Waals surface area contributed by atoms with Crippen molar-refractivity contribution in [2.75, 3.05) is 24.3 Å². The molecule has 0 unspecified atom stereocenters. The third-order valence-corrected chi connectivity index (χ3v) is 9.65. The summed E-state index contributed by atoms with van der Waals surface area (Å²) in [4.78, 5) is 63.9. The monoisotopic (exact) mass is 607 g/mol. The summed E-state index contributed by atoms with van der Waals surface area (Å²) >= 11 is 4.98. The Morgan fingerprint density at radius 1 is 1.34 bits per heavy atom. The molecule has 4 heterocycles. The van der Waals surface area contributed by atoms with Crippen LogP contribution < -0.4 is 11.1 Å². The molecule has 2 aromatic rings. The van der Waals surface area contributed by atoms with E-state index in [9.17, 15) is 24.3 Å². The van der Waals surface area contributed by atoms with Crippen molar-refractivity contribution in [3.63, 3.8) is 0 Å². The molecule has 197 valence electrons. The predicted octanol–water partition coefficient (Wildman–Crippen LogP) is 0.618. The van der Waals surface area contributed by atoms with Gasteiger partial charge in [-0.15, -0.1) is 34.4 Å². The van der Waals surface area contributed by atoms with Gasteiger partial charge in [0.2, 0.25) is 0 Å². The summed E-state index contributed by atoms with van der Waals surface area (Å²) in [6.07, 6.45) is -0.132. The number of anilines is 1. The van der Waals surface area contributed by atoms with Gasteiger partial charge in [0.1, 0.15) is 29.9 Å². The second-order valence-corrected chi connectivity index (χ2v) is 12.0. The van der Waals surface area contributed by atoms with Crippen molar-refractivity contribution in [2.45, 2.75) is 29.1 Å². The van der Waals surface area contributed by atoms with Gasteiger partial charge in [0, 0.05) is 51.3 Å². The van der Waals surface area contributed by atoms with Crippen molar-refractivity contribution in [2.24, 2.45) is 5.16 Å². The first-order valence-corrected chi connectivity index (χ1v) is 14.2. The second kappa shape index (κ2) is 12.8. The van der Waals surface area contributed by atoms with Crippen LogP contribution in [0.4, 0.5) is 5.13 Å². The number of hydrogen-bond donors (Lipinski definition) is 4. The number of β-lactam (4-membered cyclic amide) rings is 1. The normalized spacial score (nSPS) is 18.8. The van der Waals surface area contributed by atoms with E-state index in [2.05, 4.69) is 20.4 Å². The number of carboxylic acids is 2. The van der Waals surface area contributed by atoms with Crippen LogP contribution in [0.1, 0.15) is 16.3 Å². The molecule has 0 aromatic carbocycles. The van der Waals surface area contributed by atoms with Gasteiger partial charge in [0.05, 0.1) is 12.1 Å². The molecule has 5 N–H and O–H groups in total. The van der Waals surface area contributed by atoms with E-state index < -0.39 is 35.2 Å². The first kappa shape index (κ1) is 30.4. The fraction of sp³-hybridized carbons (Fsp3) is 0.350. The number of carbonyl (C=O) groups is 4. The number of hydrogen-bond acceptors (Lipinski definition) is 13. The maximum atomic E-state index is 13.0. The van der Waals surface area contributed by atoms with Gasteiger partial charge in [0.15, 0.2) is 15.2 Å². The van der Waals surface area contributed by atoms with Crippen molar-refractivity contribution in [1.82, 2.24) is 20.2 Å². The minimum Gasteiger partial charge on any atom is -0.481 e. The molecule has 18 heteroatoms. The zero-order valence-corrected chi connectivity index (χ0v) is 25.6. The van der Waals surface area contributed by atoms with Crippen LogP contribution in [-0.4, -0.2) is 114 Å². The standard InChI is InChI=1S/C20H20N6O7S4.Na/c1-7-10(3-11(27)28)37-20(22-7)36-5-8-4-34-17-13(16(30)26(17)14(8)18(31)32)24-15(29)12(25-33-2)9-6-35-19(21)23-9;/h6,13,17H,3-5H2,1-2H3,(H2,21,23)(H,24,29)(H,27,28)(H,31,32);/b25-12-;/t13-,17-;/m1./s1. The molecule has 0 bridgehead atoms. The summed E-state index contributed by atoms with van der Waals surface area (Å²) in [6.45, 7) is 1.72. The molecule has 0 saturated carbocycles. The van der Waals surface area contributed by atoms with E-state index in [4.69, 9.17) is 15.7 Å². The van der Waals surface area contributed by atoms with E-state index in [-0.39, 0.29) is 64.0 Å². The number of aliphatic carboxylic acids is 2. The molecule has 0 spiro atoms. The first-order chi connectivity index (χ1) is 17.6. The average molecular weight is 608 g/mol. The number of thioether (sulfide) groups is 2. The molecule has 13 nitrogen and oxygen atoms in total. The van der Waals surface area contributed by atoms with Crippen LogP contribution in [0.25, 0.3) is 0 Å². The minimum atomic E-state index is -1.25. The zero-order chi connectivity index (χ0) is 26.9. The zero-order valence-electron chi connectivity index (χ0n) is 20.3. The Morgan fingerprint density at radius 2 is 2.08 bits per heavy atom. The molecule has 2 atom stereocenters. The molecule has 1 radical (unpaired) electrons. The summed E-state index contributed by atoms with van der Waals surface area (Å²) in [7, 11) is 1.26. The fourth-order valence-corrected chi connectivity index (χ4v) is 7.87. The van der Waals surface area contributed by atoms with Gasteiger partial charge >= 0.3 is 11.9 Å². The van der Waals surface area contributed by atoms with Crippen molar-refractivity contribution >= 4 is 110 Å². The van der Waals surface area contributed by atoms with Crippen LogP contribution in [-0.2, 0) is 30.4 Å². The van der Waals surface area contributed by atoms with Crippen molar-refractivity contribution in [1.29, 1.82) is 0 Å². The molecule has 0 aliphatic carbocycles. The Bertz CT molecular complexity index is 1340. The first-order valence-electron chi connectivity index (χ1n) is 10.4. The molecule has 2 amide bonds. The number of fused-ring (bicyclic) bond motifs is 1. The smallest absolute Gasteiger partial charge is 0.352 e. The number of oxime groups is 1. The number of carbonyl (C=O) groups excluding carboxylic acids is 2. The van der Waals surface area contributed by atoms with Crippen LogP contribution in [0.15, 0.2) is 26.1 Å². The Kier molecular flexibility index (Phi) is 10.2. The Hall–Kier alpha value is -2.15. The maximum absolute atomic E-state index is 13.0. The number of aromatic nitrogens is 2. The number of nitrogens with two attached hydrogens (primary N) is 1. The molecule has 2 aliphatic rings. The van der Waals surface area contributed by atoms with E-state index in [0.29, 0.717) is 26.2 Å². The number of aryl methyl sites for hydroxylation is 1. The van der Waals surface area contributed by atoms with Crippen LogP contribution >= 0.6 is 46.2 Å². The Morgan fingerprint density at radius 3 is 2.68 bits per heavy atom. The number of nitrogens with one attached hydrogen (secondary N) is 1. The van der Waals surface area contributed by atoms with Crippen molar-refractivity contribution in [3.05, 3.63) is 32.9 Å². The van der Waals surface area contributed by atoms with Gasteiger partial charge in [0.25, 0.3) is 11.8 Å². The summed E-state index contributed by atoms with van der Waals surface area (Å²) < 4.78 is 0.617. The van der Waals surface area contributed by atoms with E-state index in [0.717, 1.165) is 11.3 Å². The van der Waals surface area contributed by atoms with Gasteiger partial charge in [-0.3, -0.25) is 19.3 Å². The largest absolute Gasteiger partial charge is 0.481 e. The number of rotatable bonds is 10. The van der Waals surface area contributed by atoms with Crippen LogP contribution in [0.3, 0.4) is 0 Å². The van der Waals surface area contributed by atoms with E-state index >= 15 is 0 Å².